The fraction of sp³-hybridized carbons (Fsp3) is 0.130. The Kier molecular flexibility index (Phi) is 8.28. The molecule has 2 N–H and O–H groups in total. The normalized spacial score (nSPS) is 15.7. The first-order valence-corrected chi connectivity index (χ1v) is 10.9. The van der Waals surface area contributed by atoms with Gasteiger partial charge in [-0.15, -0.1) is 11.7 Å². The van der Waals surface area contributed by atoms with Crippen LogP contribution in [-0.4, -0.2) is 46.1 Å². The Labute approximate surface area is 199 Å². The SMILES string of the molecule is C=CCN1C(=O)/C(=C/c2cc(Cl)ccc2OCC(=O)O)S/C1=N/NC(=O)Cc1ccccc1. The van der Waals surface area contributed by atoms with Crippen LogP contribution in [0.25, 0.3) is 6.08 Å². The van der Waals surface area contributed by atoms with Crippen molar-refractivity contribution in [3.63, 3.8) is 0 Å². The summed E-state index contributed by atoms with van der Waals surface area (Å²) in [5.74, 6) is -1.54. The number of amidine groups is 1. The number of hydrogen-bond acceptors (Lipinski definition) is 6. The number of hydrogen-bond donors (Lipinski definition) is 2. The van der Waals surface area contributed by atoms with Crippen molar-refractivity contribution in [2.24, 2.45) is 5.10 Å². The van der Waals surface area contributed by atoms with Gasteiger partial charge >= 0.3 is 5.97 Å². The molecule has 33 heavy (non-hydrogen) atoms. The van der Waals surface area contributed by atoms with Gasteiger partial charge in [0.1, 0.15) is 5.75 Å². The number of rotatable bonds is 9. The zero-order chi connectivity index (χ0) is 23.8. The lowest BCUT2D eigenvalue weighted by molar-refractivity contribution is -0.139. The van der Waals surface area contributed by atoms with Gasteiger partial charge in [-0.1, -0.05) is 48.0 Å². The van der Waals surface area contributed by atoms with Gasteiger partial charge in [-0.2, -0.15) is 0 Å². The molecule has 0 bridgehead atoms. The van der Waals surface area contributed by atoms with E-state index in [1.165, 1.54) is 11.0 Å². The number of carbonyl (C=O) groups is 3. The lowest BCUT2D eigenvalue weighted by Crippen LogP contribution is -2.31. The molecule has 0 atom stereocenters. The third kappa shape index (κ3) is 6.71. The Bertz CT molecular complexity index is 1130. The Balaban J connectivity index is 1.81. The van der Waals surface area contributed by atoms with Crippen LogP contribution in [0, 0.1) is 0 Å². The van der Waals surface area contributed by atoms with E-state index in [2.05, 4.69) is 17.1 Å². The van der Waals surface area contributed by atoms with Gasteiger partial charge in [0.25, 0.3) is 5.91 Å². The number of aliphatic carboxylic acids is 1. The van der Waals surface area contributed by atoms with Gasteiger partial charge in [0.05, 0.1) is 11.3 Å². The van der Waals surface area contributed by atoms with E-state index >= 15 is 0 Å². The van der Waals surface area contributed by atoms with Crippen molar-refractivity contribution in [1.82, 2.24) is 10.3 Å². The maximum absolute atomic E-state index is 12.9. The number of nitrogens with zero attached hydrogens (tertiary/aromatic N) is 2. The lowest BCUT2D eigenvalue weighted by Gasteiger charge is -2.12. The van der Waals surface area contributed by atoms with E-state index in [4.69, 9.17) is 21.4 Å². The number of carboxylic acid groups (broad SMARTS) is 1. The van der Waals surface area contributed by atoms with Crippen molar-refractivity contribution < 1.29 is 24.2 Å². The topological polar surface area (TPSA) is 108 Å². The van der Waals surface area contributed by atoms with Gasteiger partial charge in [-0.25, -0.2) is 10.2 Å². The fourth-order valence-electron chi connectivity index (χ4n) is 2.86. The highest BCUT2D eigenvalue weighted by molar-refractivity contribution is 8.18. The summed E-state index contributed by atoms with van der Waals surface area (Å²) in [6, 6.07) is 13.9. The first kappa shape index (κ1) is 24.1. The Hall–Kier alpha value is -3.56. The van der Waals surface area contributed by atoms with Gasteiger partial charge < -0.3 is 9.84 Å². The molecule has 1 heterocycles. The number of amides is 2. The number of nitrogens with one attached hydrogen (secondary N) is 1. The average molecular weight is 486 g/mol. The molecule has 0 spiro atoms. The van der Waals surface area contributed by atoms with Crippen LogP contribution in [0.2, 0.25) is 5.02 Å². The van der Waals surface area contributed by atoms with E-state index < -0.39 is 12.6 Å². The number of carboxylic acids is 1. The molecule has 10 heteroatoms. The molecule has 2 aromatic rings. The van der Waals surface area contributed by atoms with E-state index in [-0.39, 0.29) is 35.7 Å². The molecule has 3 rings (SSSR count). The molecule has 2 amide bonds. The molecular formula is C23H20ClN3O5S. The summed E-state index contributed by atoms with van der Waals surface area (Å²) in [4.78, 5) is 37.7. The molecule has 1 fully saturated rings. The maximum Gasteiger partial charge on any atom is 0.341 e. The highest BCUT2D eigenvalue weighted by Gasteiger charge is 2.33. The second-order valence-electron chi connectivity index (χ2n) is 6.77. The molecular weight excluding hydrogens is 466 g/mol. The second kappa shape index (κ2) is 11.3. The van der Waals surface area contributed by atoms with Crippen LogP contribution in [0.3, 0.4) is 0 Å². The molecule has 0 saturated carbocycles. The first-order chi connectivity index (χ1) is 15.9. The van der Waals surface area contributed by atoms with Crippen LogP contribution in [-0.2, 0) is 20.8 Å². The van der Waals surface area contributed by atoms with Crippen molar-refractivity contribution in [2.75, 3.05) is 13.2 Å². The molecule has 1 saturated heterocycles. The van der Waals surface area contributed by atoms with Crippen molar-refractivity contribution >= 4 is 52.4 Å². The molecule has 1 aliphatic rings. The average Bonchev–Trinajstić information content (AvgIpc) is 3.07. The molecule has 0 aliphatic carbocycles. The summed E-state index contributed by atoms with van der Waals surface area (Å²) in [5.41, 5.74) is 3.76. The molecule has 0 aromatic heterocycles. The Morgan fingerprint density at radius 1 is 1.24 bits per heavy atom. The summed E-state index contributed by atoms with van der Waals surface area (Å²) in [6.45, 7) is 3.31. The summed E-state index contributed by atoms with van der Waals surface area (Å²) >= 11 is 7.13. The van der Waals surface area contributed by atoms with Gasteiger partial charge in [0, 0.05) is 17.1 Å². The van der Waals surface area contributed by atoms with Crippen LogP contribution in [0.5, 0.6) is 5.75 Å². The quantitative estimate of drug-likeness (QED) is 0.319. The lowest BCUT2D eigenvalue weighted by atomic mass is 10.1. The van der Waals surface area contributed by atoms with Gasteiger partial charge in [0.15, 0.2) is 11.8 Å². The van der Waals surface area contributed by atoms with Crippen LogP contribution in [0.15, 0.2) is 71.2 Å². The second-order valence-corrected chi connectivity index (χ2v) is 8.22. The van der Waals surface area contributed by atoms with Crippen molar-refractivity contribution in [3.8, 4) is 5.75 Å². The third-order valence-corrected chi connectivity index (χ3v) is 5.53. The molecule has 0 unspecified atom stereocenters. The van der Waals surface area contributed by atoms with Gasteiger partial charge in [-0.05, 0) is 41.6 Å². The summed E-state index contributed by atoms with van der Waals surface area (Å²) in [7, 11) is 0. The zero-order valence-electron chi connectivity index (χ0n) is 17.4. The molecule has 8 nitrogen and oxygen atoms in total. The minimum Gasteiger partial charge on any atom is -0.481 e. The van der Waals surface area contributed by atoms with Gasteiger partial charge in [-0.3, -0.25) is 14.5 Å². The number of hydrazone groups is 1. The number of thioether (sulfide) groups is 1. The standard InChI is InChI=1S/C23H20ClN3O5S/c1-2-10-27-22(31)19(13-16-12-17(24)8-9-18(16)32-14-21(29)30)33-23(27)26-25-20(28)11-15-6-4-3-5-7-15/h2-9,12-13H,1,10-11,14H2,(H,25,28)(H,29,30)/b19-13-,26-23+. The van der Waals surface area contributed by atoms with Crippen molar-refractivity contribution in [2.45, 2.75) is 6.42 Å². The predicted molar refractivity (Wildman–Crippen MR) is 128 cm³/mol. The third-order valence-electron chi connectivity index (χ3n) is 4.29. The first-order valence-electron chi connectivity index (χ1n) is 9.74. The largest absolute Gasteiger partial charge is 0.481 e. The van der Waals surface area contributed by atoms with Gasteiger partial charge in [0.2, 0.25) is 5.91 Å². The van der Waals surface area contributed by atoms with Crippen LogP contribution < -0.4 is 10.2 Å². The van der Waals surface area contributed by atoms with E-state index in [1.807, 2.05) is 30.3 Å². The zero-order valence-corrected chi connectivity index (χ0v) is 18.9. The van der Waals surface area contributed by atoms with E-state index in [1.54, 1.807) is 24.3 Å². The van der Waals surface area contributed by atoms with Crippen molar-refractivity contribution in [3.05, 3.63) is 82.2 Å². The maximum atomic E-state index is 12.9. The number of carbonyl (C=O) groups excluding carboxylic acids is 2. The summed E-state index contributed by atoms with van der Waals surface area (Å²) in [6.07, 6.45) is 3.23. The minimum atomic E-state index is -1.13. The summed E-state index contributed by atoms with van der Waals surface area (Å²) in [5, 5.41) is 13.7. The fourth-order valence-corrected chi connectivity index (χ4v) is 3.98. The highest BCUT2D eigenvalue weighted by Crippen LogP contribution is 2.34. The molecule has 0 radical (unpaired) electrons. The monoisotopic (exact) mass is 485 g/mol. The smallest absolute Gasteiger partial charge is 0.341 e. The summed E-state index contributed by atoms with van der Waals surface area (Å²) < 4.78 is 5.30. The Morgan fingerprint density at radius 2 is 2.00 bits per heavy atom. The minimum absolute atomic E-state index is 0.146. The number of halogens is 1. The molecule has 1 aliphatic heterocycles. The van der Waals surface area contributed by atoms with Crippen molar-refractivity contribution in [1.29, 1.82) is 0 Å². The Morgan fingerprint density at radius 3 is 2.70 bits per heavy atom. The number of benzene rings is 2. The van der Waals surface area contributed by atoms with Crippen LogP contribution in [0.1, 0.15) is 11.1 Å². The van der Waals surface area contributed by atoms with Crippen LogP contribution >= 0.6 is 23.4 Å². The highest BCUT2D eigenvalue weighted by atomic mass is 35.5. The van der Waals surface area contributed by atoms with Crippen LogP contribution in [0.4, 0.5) is 0 Å². The van der Waals surface area contributed by atoms with E-state index in [9.17, 15) is 14.4 Å². The molecule has 170 valence electrons. The van der Waals surface area contributed by atoms with E-state index in [0.29, 0.717) is 15.5 Å². The predicted octanol–water partition coefficient (Wildman–Crippen LogP) is 3.54. The van der Waals surface area contributed by atoms with E-state index in [0.717, 1.165) is 17.3 Å². The number of ether oxygens (including phenoxy) is 1. The molecule has 2 aromatic carbocycles.